The van der Waals surface area contributed by atoms with Gasteiger partial charge in [0.2, 0.25) is 0 Å². The predicted octanol–water partition coefficient (Wildman–Crippen LogP) is 5.37. The van der Waals surface area contributed by atoms with Crippen molar-refractivity contribution in [2.45, 2.75) is 18.4 Å². The van der Waals surface area contributed by atoms with Crippen molar-refractivity contribution in [3.63, 3.8) is 0 Å². The van der Waals surface area contributed by atoms with Crippen molar-refractivity contribution in [1.29, 1.82) is 0 Å². The maximum absolute atomic E-state index is 14.8. The Morgan fingerprint density at radius 3 is 2.57 bits per heavy atom. The van der Waals surface area contributed by atoms with E-state index in [4.69, 9.17) is 4.42 Å². The number of benzene rings is 2. The summed E-state index contributed by atoms with van der Waals surface area (Å²) in [6, 6.07) is 16.1. The van der Waals surface area contributed by atoms with Gasteiger partial charge in [0.05, 0.1) is 28.6 Å². The number of furan rings is 1. The number of alkyl halides is 3. The van der Waals surface area contributed by atoms with Gasteiger partial charge >= 0.3 is 6.18 Å². The lowest BCUT2D eigenvalue weighted by Gasteiger charge is -2.47. The molecule has 0 spiro atoms. The van der Waals surface area contributed by atoms with Crippen LogP contribution in [0.1, 0.15) is 21.1 Å². The SMILES string of the molecule is O=C1c2ccccc2N[C@@](c2nc3ccccc3s2)(C(F)(F)F)N1Cc1ccco1. The van der Waals surface area contributed by atoms with Crippen LogP contribution in [0.2, 0.25) is 0 Å². The number of halogens is 3. The van der Waals surface area contributed by atoms with Crippen LogP contribution in [0.15, 0.2) is 71.3 Å². The van der Waals surface area contributed by atoms with Gasteiger partial charge in [-0.1, -0.05) is 24.3 Å². The summed E-state index contributed by atoms with van der Waals surface area (Å²) in [7, 11) is 0. The number of amides is 1. The molecule has 1 amide bonds. The van der Waals surface area contributed by atoms with E-state index in [1.54, 1.807) is 42.5 Å². The largest absolute Gasteiger partial charge is 0.467 e. The molecule has 0 saturated heterocycles. The average Bonchev–Trinajstić information content (AvgIpc) is 3.38. The lowest BCUT2D eigenvalue weighted by molar-refractivity contribution is -0.221. The van der Waals surface area contributed by atoms with Gasteiger partial charge in [-0.3, -0.25) is 9.69 Å². The summed E-state index contributed by atoms with van der Waals surface area (Å²) in [6.07, 6.45) is -3.51. The van der Waals surface area contributed by atoms with Gasteiger partial charge < -0.3 is 9.73 Å². The first-order valence-corrected chi connectivity index (χ1v) is 9.86. The van der Waals surface area contributed by atoms with E-state index in [2.05, 4.69) is 10.3 Å². The Morgan fingerprint density at radius 1 is 1.07 bits per heavy atom. The second-order valence-corrected chi connectivity index (χ2v) is 7.87. The first-order chi connectivity index (χ1) is 14.4. The molecular weight excluding hydrogens is 415 g/mol. The van der Waals surface area contributed by atoms with Crippen LogP contribution in [0.3, 0.4) is 0 Å². The second kappa shape index (κ2) is 6.60. The Kier molecular flexibility index (Phi) is 4.11. The molecule has 5 rings (SSSR count). The smallest absolute Gasteiger partial charge is 0.437 e. The highest BCUT2D eigenvalue weighted by Crippen LogP contribution is 2.50. The summed E-state index contributed by atoms with van der Waals surface area (Å²) in [5, 5.41) is 2.35. The minimum Gasteiger partial charge on any atom is -0.467 e. The van der Waals surface area contributed by atoms with Gasteiger partial charge in [-0.05, 0) is 36.4 Å². The van der Waals surface area contributed by atoms with E-state index in [0.717, 1.165) is 16.2 Å². The molecule has 0 aliphatic carbocycles. The number of aromatic nitrogens is 1. The van der Waals surface area contributed by atoms with Gasteiger partial charge in [0.1, 0.15) is 10.8 Å². The minimum atomic E-state index is -4.86. The van der Waals surface area contributed by atoms with Gasteiger partial charge in [0.15, 0.2) is 0 Å². The molecule has 2 aromatic heterocycles. The number of rotatable bonds is 3. The van der Waals surface area contributed by atoms with Crippen molar-refractivity contribution in [3.05, 3.63) is 83.3 Å². The van der Waals surface area contributed by atoms with Gasteiger partial charge in [-0.25, -0.2) is 4.98 Å². The molecular formula is C21H14F3N3O2S. The summed E-state index contributed by atoms with van der Waals surface area (Å²) in [4.78, 5) is 18.3. The van der Waals surface area contributed by atoms with Crippen molar-refractivity contribution in [2.24, 2.45) is 0 Å². The third-order valence-corrected chi connectivity index (χ3v) is 6.18. The lowest BCUT2D eigenvalue weighted by atomic mass is 9.98. The van der Waals surface area contributed by atoms with Crippen LogP contribution in [0.4, 0.5) is 18.9 Å². The number of anilines is 1. The molecule has 2 aromatic carbocycles. The van der Waals surface area contributed by atoms with E-state index in [-0.39, 0.29) is 28.6 Å². The Balaban J connectivity index is 1.78. The molecule has 0 bridgehead atoms. The van der Waals surface area contributed by atoms with E-state index in [0.29, 0.717) is 10.2 Å². The molecule has 9 heteroatoms. The normalized spacial score (nSPS) is 19.0. The van der Waals surface area contributed by atoms with Crippen LogP contribution in [0.25, 0.3) is 10.2 Å². The maximum atomic E-state index is 14.8. The summed E-state index contributed by atoms with van der Waals surface area (Å²) in [6.45, 7) is -0.372. The van der Waals surface area contributed by atoms with Gasteiger partial charge in [0, 0.05) is 5.69 Å². The van der Waals surface area contributed by atoms with Crippen LogP contribution >= 0.6 is 11.3 Å². The molecule has 3 heterocycles. The number of fused-ring (bicyclic) bond motifs is 2. The van der Waals surface area contributed by atoms with Gasteiger partial charge in [-0.15, -0.1) is 11.3 Å². The Morgan fingerprint density at radius 2 is 1.83 bits per heavy atom. The third kappa shape index (κ3) is 2.69. The number of hydrogen-bond donors (Lipinski definition) is 1. The molecule has 1 aliphatic rings. The number of carbonyl (C=O) groups excluding carboxylic acids is 1. The molecule has 5 nitrogen and oxygen atoms in total. The summed E-state index contributed by atoms with van der Waals surface area (Å²) >= 11 is 0.904. The molecule has 0 fully saturated rings. The van der Waals surface area contributed by atoms with Crippen LogP contribution in [-0.4, -0.2) is 22.0 Å². The van der Waals surface area contributed by atoms with E-state index in [1.165, 1.54) is 24.5 Å². The molecule has 30 heavy (non-hydrogen) atoms. The van der Waals surface area contributed by atoms with E-state index < -0.39 is 17.7 Å². The highest BCUT2D eigenvalue weighted by Gasteiger charge is 2.65. The molecule has 1 aliphatic heterocycles. The molecule has 0 radical (unpaired) electrons. The lowest BCUT2D eigenvalue weighted by Crippen LogP contribution is -2.64. The first-order valence-electron chi connectivity index (χ1n) is 9.04. The highest BCUT2D eigenvalue weighted by atomic mass is 32.1. The van der Waals surface area contributed by atoms with Crippen LogP contribution < -0.4 is 5.32 Å². The van der Waals surface area contributed by atoms with Crippen molar-refractivity contribution in [3.8, 4) is 0 Å². The number of hydrogen-bond acceptors (Lipinski definition) is 5. The van der Waals surface area contributed by atoms with Crippen LogP contribution in [0, 0.1) is 0 Å². The van der Waals surface area contributed by atoms with Gasteiger partial charge in [0.25, 0.3) is 11.6 Å². The monoisotopic (exact) mass is 429 g/mol. The van der Waals surface area contributed by atoms with E-state index >= 15 is 0 Å². The third-order valence-electron chi connectivity index (χ3n) is 5.03. The maximum Gasteiger partial charge on any atom is 0.437 e. The topological polar surface area (TPSA) is 58.4 Å². The minimum absolute atomic E-state index is 0.106. The fraction of sp³-hybridized carbons (Fsp3) is 0.143. The molecule has 0 saturated carbocycles. The number of para-hydroxylation sites is 2. The fourth-order valence-electron chi connectivity index (χ4n) is 3.63. The molecule has 0 unspecified atom stereocenters. The van der Waals surface area contributed by atoms with Crippen molar-refractivity contribution in [2.75, 3.05) is 5.32 Å². The van der Waals surface area contributed by atoms with E-state index in [9.17, 15) is 18.0 Å². The fourth-order valence-corrected chi connectivity index (χ4v) is 4.77. The molecule has 152 valence electrons. The number of nitrogens with one attached hydrogen (secondary N) is 1. The predicted molar refractivity (Wildman–Crippen MR) is 106 cm³/mol. The molecule has 1 atom stereocenters. The summed E-state index contributed by atoms with van der Waals surface area (Å²) in [5.41, 5.74) is -2.14. The molecule has 4 aromatic rings. The van der Waals surface area contributed by atoms with Crippen LogP contribution in [-0.2, 0) is 12.2 Å². The zero-order valence-electron chi connectivity index (χ0n) is 15.3. The number of nitrogens with zero attached hydrogens (tertiary/aromatic N) is 2. The van der Waals surface area contributed by atoms with Crippen molar-refractivity contribution in [1.82, 2.24) is 9.88 Å². The van der Waals surface area contributed by atoms with Crippen molar-refractivity contribution < 1.29 is 22.4 Å². The second-order valence-electron chi connectivity index (χ2n) is 6.84. The Hall–Kier alpha value is -3.33. The van der Waals surface area contributed by atoms with E-state index in [1.807, 2.05) is 0 Å². The average molecular weight is 429 g/mol. The zero-order valence-corrected chi connectivity index (χ0v) is 16.1. The number of carbonyl (C=O) groups is 1. The Bertz CT molecular complexity index is 1200. The van der Waals surface area contributed by atoms with Crippen LogP contribution in [0.5, 0.6) is 0 Å². The summed E-state index contributed by atoms with van der Waals surface area (Å²) in [5.74, 6) is -0.517. The first kappa shape index (κ1) is 18.7. The summed E-state index contributed by atoms with van der Waals surface area (Å²) < 4.78 is 50.4. The number of thiazole rings is 1. The quantitative estimate of drug-likeness (QED) is 0.476. The molecule has 1 N–H and O–H groups in total. The highest BCUT2D eigenvalue weighted by molar-refractivity contribution is 7.18. The standard InChI is InChI=1S/C21H14F3N3O2S/c22-21(23,24)20(19-25-16-9-3-4-10-17(16)30-19)26-15-8-2-1-7-14(15)18(28)27(20)12-13-6-5-11-29-13/h1-11,26H,12H2/t20-/m1/s1. The Labute approximate surface area is 172 Å². The van der Waals surface area contributed by atoms with Gasteiger partial charge in [-0.2, -0.15) is 13.2 Å². The van der Waals surface area contributed by atoms with Crippen molar-refractivity contribution >= 4 is 33.1 Å². The zero-order chi connectivity index (χ0) is 20.9.